The number of halogens is 6. The molecule has 0 bridgehead atoms. The minimum Gasteiger partial charge on any atom is -0.312 e. The molecule has 10 heteroatoms. The summed E-state index contributed by atoms with van der Waals surface area (Å²) in [5.74, 6) is -5.02. The Morgan fingerprint density at radius 3 is 2.33 bits per heavy atom. The number of hydrogen-bond donors (Lipinski definition) is 1. The number of alkyl halides is 5. The summed E-state index contributed by atoms with van der Waals surface area (Å²) in [5, 5.41) is 3.52. The molecule has 0 spiro atoms. The first kappa shape index (κ1) is 21.5. The third kappa shape index (κ3) is 2.97. The van der Waals surface area contributed by atoms with Crippen LogP contribution in [0.1, 0.15) is 29.5 Å². The molecule has 30 heavy (non-hydrogen) atoms. The molecule has 1 aliphatic carbocycles. The molecule has 4 rings (SSSR count). The van der Waals surface area contributed by atoms with Crippen LogP contribution < -0.4 is 5.32 Å². The van der Waals surface area contributed by atoms with Crippen LogP contribution in [-0.2, 0) is 26.9 Å². The molecule has 1 saturated heterocycles. The van der Waals surface area contributed by atoms with Gasteiger partial charge in [0.15, 0.2) is 9.84 Å². The fraction of sp³-hybridized carbons (Fsp3) is 0.400. The molecule has 1 heterocycles. The van der Waals surface area contributed by atoms with Crippen molar-refractivity contribution in [2.24, 2.45) is 0 Å². The van der Waals surface area contributed by atoms with Crippen LogP contribution in [0.25, 0.3) is 0 Å². The fourth-order valence-corrected chi connectivity index (χ4v) is 7.07. The van der Waals surface area contributed by atoms with E-state index in [-0.39, 0.29) is 28.9 Å². The molecule has 0 amide bonds. The van der Waals surface area contributed by atoms with Gasteiger partial charge >= 0.3 is 12.1 Å². The van der Waals surface area contributed by atoms with Gasteiger partial charge in [-0.2, -0.15) is 22.0 Å². The second-order valence-electron chi connectivity index (χ2n) is 7.59. The van der Waals surface area contributed by atoms with Crippen molar-refractivity contribution in [1.82, 2.24) is 5.32 Å². The first-order valence-corrected chi connectivity index (χ1v) is 11.1. The number of aryl methyl sites for hydroxylation is 1. The van der Waals surface area contributed by atoms with Crippen LogP contribution in [0.3, 0.4) is 0 Å². The average Bonchev–Trinajstić information content (AvgIpc) is 3.13. The van der Waals surface area contributed by atoms with E-state index >= 15 is 0 Å². The third-order valence-electron chi connectivity index (χ3n) is 6.04. The second kappa shape index (κ2) is 6.90. The average molecular weight is 466 g/mol. The maximum absolute atomic E-state index is 13.9. The first-order chi connectivity index (χ1) is 13.9. The minimum absolute atomic E-state index is 0.0261. The van der Waals surface area contributed by atoms with Gasteiger partial charge in [-0.05, 0) is 67.3 Å². The summed E-state index contributed by atoms with van der Waals surface area (Å²) in [6, 6.07) is 7.78. The van der Waals surface area contributed by atoms with E-state index in [0.29, 0.717) is 24.1 Å². The molecule has 3 nitrogen and oxygen atoms in total. The molecule has 0 aromatic heterocycles. The Balaban J connectivity index is 1.89. The molecule has 1 N–H and O–H groups in total. The van der Waals surface area contributed by atoms with Crippen molar-refractivity contribution in [1.29, 1.82) is 0 Å². The molecule has 2 aliphatic rings. The summed E-state index contributed by atoms with van der Waals surface area (Å²) in [5.41, 5.74) is -0.702. The Labute approximate surface area is 175 Å². The second-order valence-corrected chi connectivity index (χ2v) is 10.2. The molecular weight excluding hydrogens is 449 g/mol. The number of sulfone groups is 1. The van der Waals surface area contributed by atoms with E-state index in [2.05, 4.69) is 5.32 Å². The quantitative estimate of drug-likeness (QED) is 0.651. The minimum atomic E-state index is -5.74. The highest BCUT2D eigenvalue weighted by molar-refractivity contribution is 7.92. The zero-order chi connectivity index (χ0) is 21.9. The lowest BCUT2D eigenvalue weighted by atomic mass is 9.78. The van der Waals surface area contributed by atoms with Gasteiger partial charge in [0, 0.05) is 16.6 Å². The van der Waals surface area contributed by atoms with Gasteiger partial charge in [-0.25, -0.2) is 8.42 Å². The van der Waals surface area contributed by atoms with Gasteiger partial charge in [-0.1, -0.05) is 23.7 Å². The summed E-state index contributed by atoms with van der Waals surface area (Å²) in [7, 11) is -4.00. The lowest BCUT2D eigenvalue weighted by Crippen LogP contribution is -2.49. The van der Waals surface area contributed by atoms with Gasteiger partial charge in [0.25, 0.3) is 0 Å². The van der Waals surface area contributed by atoms with E-state index in [9.17, 15) is 30.4 Å². The summed E-state index contributed by atoms with van der Waals surface area (Å²) in [4.78, 5) is 0.0261. The number of fused-ring (bicyclic) bond motifs is 3. The summed E-state index contributed by atoms with van der Waals surface area (Å²) >= 11 is 5.87. The lowest BCUT2D eigenvalue weighted by molar-refractivity contribution is -0.289. The van der Waals surface area contributed by atoms with Crippen molar-refractivity contribution in [3.63, 3.8) is 0 Å². The monoisotopic (exact) mass is 465 g/mol. The molecule has 2 unspecified atom stereocenters. The number of benzene rings is 2. The molecule has 1 aliphatic heterocycles. The Morgan fingerprint density at radius 1 is 1.03 bits per heavy atom. The van der Waals surface area contributed by atoms with Crippen LogP contribution in [-0.4, -0.2) is 27.2 Å². The van der Waals surface area contributed by atoms with Gasteiger partial charge in [-0.15, -0.1) is 0 Å². The van der Waals surface area contributed by atoms with Crippen LogP contribution in [0.5, 0.6) is 0 Å². The van der Waals surface area contributed by atoms with E-state index < -0.39 is 38.3 Å². The summed E-state index contributed by atoms with van der Waals surface area (Å²) in [6.07, 6.45) is -5.04. The number of nitrogens with one attached hydrogen (secondary N) is 1. The van der Waals surface area contributed by atoms with Crippen LogP contribution in [0, 0.1) is 0 Å². The van der Waals surface area contributed by atoms with Crippen molar-refractivity contribution in [2.45, 2.75) is 47.0 Å². The Hall–Kier alpha value is -1.71. The Kier molecular flexibility index (Phi) is 4.95. The normalized spacial score (nSPS) is 24.4. The molecule has 0 radical (unpaired) electrons. The molecule has 2 aromatic rings. The maximum atomic E-state index is 13.9. The summed E-state index contributed by atoms with van der Waals surface area (Å²) in [6.45, 7) is 0.386. The van der Waals surface area contributed by atoms with E-state index in [1.54, 1.807) is 0 Å². The van der Waals surface area contributed by atoms with Crippen molar-refractivity contribution in [3.8, 4) is 0 Å². The van der Waals surface area contributed by atoms with Crippen molar-refractivity contribution < 1.29 is 30.4 Å². The predicted molar refractivity (Wildman–Crippen MR) is 101 cm³/mol. The number of hydrogen-bond acceptors (Lipinski definition) is 3. The molecule has 2 aromatic carbocycles. The van der Waals surface area contributed by atoms with Gasteiger partial charge < -0.3 is 5.32 Å². The highest BCUT2D eigenvalue weighted by Crippen LogP contribution is 2.51. The molecule has 2 atom stereocenters. The van der Waals surface area contributed by atoms with Gasteiger partial charge in [-0.3, -0.25) is 0 Å². The Bertz CT molecular complexity index is 1090. The zero-order valence-electron chi connectivity index (χ0n) is 15.4. The molecule has 1 fully saturated rings. The van der Waals surface area contributed by atoms with Crippen molar-refractivity contribution >= 4 is 21.4 Å². The maximum Gasteiger partial charge on any atom is 0.458 e. The lowest BCUT2D eigenvalue weighted by Gasteiger charge is -2.40. The first-order valence-electron chi connectivity index (χ1n) is 9.23. The third-order valence-corrected chi connectivity index (χ3v) is 8.85. The van der Waals surface area contributed by atoms with Crippen LogP contribution >= 0.6 is 11.6 Å². The van der Waals surface area contributed by atoms with E-state index in [1.165, 1.54) is 24.3 Å². The molecule has 162 valence electrons. The van der Waals surface area contributed by atoms with Gasteiger partial charge in [0.1, 0.15) is 4.75 Å². The highest BCUT2D eigenvalue weighted by atomic mass is 35.5. The predicted octanol–water partition coefficient (Wildman–Crippen LogP) is 4.97. The Morgan fingerprint density at radius 2 is 1.70 bits per heavy atom. The van der Waals surface area contributed by atoms with Crippen LogP contribution in [0.4, 0.5) is 22.0 Å². The summed E-state index contributed by atoms with van der Waals surface area (Å²) < 4.78 is 92.1. The SMILES string of the molecule is O=S(=O)(c1ccc(Cl)cc1)C12CCNC1CCc1cc(C(F)(F)C(F)(F)F)ccc12. The smallest absolute Gasteiger partial charge is 0.312 e. The zero-order valence-corrected chi connectivity index (χ0v) is 17.0. The molecule has 0 saturated carbocycles. The molecular formula is C20H17ClF5NO2S. The van der Waals surface area contributed by atoms with Crippen LogP contribution in [0.2, 0.25) is 5.02 Å². The topological polar surface area (TPSA) is 46.2 Å². The van der Waals surface area contributed by atoms with Crippen LogP contribution in [0.15, 0.2) is 47.4 Å². The fourth-order valence-electron chi connectivity index (χ4n) is 4.59. The van der Waals surface area contributed by atoms with Crippen molar-refractivity contribution in [3.05, 3.63) is 64.2 Å². The van der Waals surface area contributed by atoms with Crippen molar-refractivity contribution in [2.75, 3.05) is 6.54 Å². The van der Waals surface area contributed by atoms with E-state index in [4.69, 9.17) is 11.6 Å². The van der Waals surface area contributed by atoms with E-state index in [1.807, 2.05) is 0 Å². The standard InChI is InChI=1S/C20H17ClF5NO2S/c21-14-3-5-15(6-4-14)30(28,29)18-9-10-27-17(18)8-1-12-11-13(2-7-16(12)18)19(22,23)20(24,25)26/h2-7,11,17,27H,1,8-10H2. The largest absolute Gasteiger partial charge is 0.458 e. The highest BCUT2D eigenvalue weighted by Gasteiger charge is 2.60. The van der Waals surface area contributed by atoms with Gasteiger partial charge in [0.05, 0.1) is 4.90 Å². The van der Waals surface area contributed by atoms with E-state index in [0.717, 1.165) is 12.1 Å². The van der Waals surface area contributed by atoms with Gasteiger partial charge in [0.2, 0.25) is 0 Å². The number of rotatable bonds is 3.